The number of fused-ring (bicyclic) bond motifs is 1. The number of sulfone groups is 1. The highest BCUT2D eigenvalue weighted by Crippen LogP contribution is 2.36. The van der Waals surface area contributed by atoms with Crippen LogP contribution in [0.2, 0.25) is 5.02 Å². The van der Waals surface area contributed by atoms with E-state index in [1.54, 1.807) is 30.3 Å². The summed E-state index contributed by atoms with van der Waals surface area (Å²) in [4.78, 5) is 5.34. The standard InChI is InChI=1S/C20H23ClN2O2S/c1-22-11-9-16(10-12-22)23-13-8-15-14-17(6-7-19(15)23)26(24,25)20-5-3-2-4-18(20)21/h2-7,14,16H,8-13H2,1H3. The van der Waals surface area contributed by atoms with E-state index < -0.39 is 9.84 Å². The Labute approximate surface area is 160 Å². The van der Waals surface area contributed by atoms with Crippen molar-refractivity contribution in [3.8, 4) is 0 Å². The smallest absolute Gasteiger partial charge is 0.208 e. The molecule has 0 atom stereocenters. The van der Waals surface area contributed by atoms with Crippen LogP contribution in [0.1, 0.15) is 18.4 Å². The number of rotatable bonds is 3. The van der Waals surface area contributed by atoms with E-state index in [9.17, 15) is 8.42 Å². The lowest BCUT2D eigenvalue weighted by molar-refractivity contribution is 0.251. The van der Waals surface area contributed by atoms with Crippen molar-refractivity contribution in [3.05, 3.63) is 53.1 Å². The van der Waals surface area contributed by atoms with Gasteiger partial charge < -0.3 is 9.80 Å². The van der Waals surface area contributed by atoms with Crippen molar-refractivity contribution >= 4 is 27.1 Å². The Kier molecular flexibility index (Phi) is 4.71. The van der Waals surface area contributed by atoms with E-state index in [1.807, 2.05) is 12.1 Å². The average Bonchev–Trinajstić information content (AvgIpc) is 3.06. The van der Waals surface area contributed by atoms with Gasteiger partial charge in [0.25, 0.3) is 0 Å². The van der Waals surface area contributed by atoms with Crippen molar-refractivity contribution < 1.29 is 8.42 Å². The summed E-state index contributed by atoms with van der Waals surface area (Å²) in [5.41, 5.74) is 2.31. The third kappa shape index (κ3) is 3.13. The second kappa shape index (κ2) is 6.87. The Morgan fingerprint density at radius 3 is 2.50 bits per heavy atom. The van der Waals surface area contributed by atoms with E-state index in [0.717, 1.165) is 44.5 Å². The van der Waals surface area contributed by atoms with Gasteiger partial charge in [0.05, 0.1) is 14.8 Å². The van der Waals surface area contributed by atoms with Crippen LogP contribution in [-0.4, -0.2) is 46.0 Å². The second-order valence-electron chi connectivity index (χ2n) is 7.20. The fourth-order valence-electron chi connectivity index (χ4n) is 4.05. The van der Waals surface area contributed by atoms with Gasteiger partial charge in [-0.05, 0) is 75.3 Å². The molecule has 2 aliphatic heterocycles. The molecule has 1 saturated heterocycles. The molecule has 2 aliphatic rings. The summed E-state index contributed by atoms with van der Waals surface area (Å²) >= 11 is 6.12. The molecule has 0 aliphatic carbocycles. The minimum absolute atomic E-state index is 0.173. The summed E-state index contributed by atoms with van der Waals surface area (Å²) in [6.07, 6.45) is 3.22. The molecule has 0 unspecified atom stereocenters. The third-order valence-electron chi connectivity index (χ3n) is 5.55. The van der Waals surface area contributed by atoms with Crippen LogP contribution < -0.4 is 4.90 Å². The topological polar surface area (TPSA) is 40.6 Å². The molecule has 138 valence electrons. The van der Waals surface area contributed by atoms with Crippen LogP contribution in [0.25, 0.3) is 0 Å². The van der Waals surface area contributed by atoms with Crippen LogP contribution in [0.4, 0.5) is 5.69 Å². The molecule has 0 aromatic heterocycles. The molecule has 6 heteroatoms. The van der Waals surface area contributed by atoms with E-state index in [4.69, 9.17) is 11.6 Å². The van der Waals surface area contributed by atoms with E-state index in [-0.39, 0.29) is 9.92 Å². The predicted octanol–water partition coefficient (Wildman–Crippen LogP) is 3.63. The number of nitrogens with zero attached hydrogens (tertiary/aromatic N) is 2. The van der Waals surface area contributed by atoms with E-state index >= 15 is 0 Å². The van der Waals surface area contributed by atoms with Crippen LogP contribution in [0.3, 0.4) is 0 Å². The number of piperidine rings is 1. The minimum atomic E-state index is -3.60. The first-order valence-corrected chi connectivity index (χ1v) is 10.9. The maximum Gasteiger partial charge on any atom is 0.208 e. The zero-order valence-electron chi connectivity index (χ0n) is 14.9. The Balaban J connectivity index is 1.64. The van der Waals surface area contributed by atoms with E-state index in [1.165, 1.54) is 5.69 Å². The van der Waals surface area contributed by atoms with Gasteiger partial charge in [0.1, 0.15) is 0 Å². The fraction of sp³-hybridized carbons (Fsp3) is 0.400. The van der Waals surface area contributed by atoms with Gasteiger partial charge in [-0.3, -0.25) is 0 Å². The Hall–Kier alpha value is -1.56. The largest absolute Gasteiger partial charge is 0.368 e. The van der Waals surface area contributed by atoms with Crippen LogP contribution in [0.5, 0.6) is 0 Å². The predicted molar refractivity (Wildman–Crippen MR) is 105 cm³/mol. The number of hydrogen-bond donors (Lipinski definition) is 0. The van der Waals surface area contributed by atoms with Gasteiger partial charge in [-0.25, -0.2) is 8.42 Å². The molecule has 0 spiro atoms. The van der Waals surface area contributed by atoms with Gasteiger partial charge >= 0.3 is 0 Å². The monoisotopic (exact) mass is 390 g/mol. The van der Waals surface area contributed by atoms with E-state index in [0.29, 0.717) is 10.9 Å². The average molecular weight is 391 g/mol. The van der Waals surface area contributed by atoms with Crippen molar-refractivity contribution in [3.63, 3.8) is 0 Å². The molecule has 0 radical (unpaired) electrons. The first kappa shape index (κ1) is 17.8. The maximum absolute atomic E-state index is 13.0. The van der Waals surface area contributed by atoms with Crippen molar-refractivity contribution in [1.29, 1.82) is 0 Å². The molecule has 2 heterocycles. The van der Waals surface area contributed by atoms with Crippen LogP contribution >= 0.6 is 11.6 Å². The number of hydrogen-bond acceptors (Lipinski definition) is 4. The SMILES string of the molecule is CN1CCC(N2CCc3cc(S(=O)(=O)c4ccccc4Cl)ccc32)CC1. The maximum atomic E-state index is 13.0. The molecular weight excluding hydrogens is 368 g/mol. The summed E-state index contributed by atoms with van der Waals surface area (Å²) in [5.74, 6) is 0. The Bertz CT molecular complexity index is 921. The van der Waals surface area contributed by atoms with Crippen molar-refractivity contribution in [2.24, 2.45) is 0 Å². The van der Waals surface area contributed by atoms with Gasteiger partial charge in [0, 0.05) is 18.3 Å². The van der Waals surface area contributed by atoms with Crippen LogP contribution in [0.15, 0.2) is 52.3 Å². The van der Waals surface area contributed by atoms with E-state index in [2.05, 4.69) is 16.8 Å². The summed E-state index contributed by atoms with van der Waals surface area (Å²) in [7, 11) is -1.43. The van der Waals surface area contributed by atoms with Gasteiger partial charge in [0.2, 0.25) is 9.84 Å². The van der Waals surface area contributed by atoms with Gasteiger partial charge in [-0.15, -0.1) is 0 Å². The normalized spacial score (nSPS) is 18.9. The quantitative estimate of drug-likeness (QED) is 0.802. The Morgan fingerprint density at radius 2 is 1.77 bits per heavy atom. The highest BCUT2D eigenvalue weighted by molar-refractivity contribution is 7.91. The van der Waals surface area contributed by atoms with Gasteiger partial charge in [-0.2, -0.15) is 0 Å². The molecule has 2 aromatic carbocycles. The molecule has 0 saturated carbocycles. The molecule has 4 nitrogen and oxygen atoms in total. The summed E-state index contributed by atoms with van der Waals surface area (Å²) < 4.78 is 25.9. The second-order valence-corrected chi connectivity index (χ2v) is 9.53. The highest BCUT2D eigenvalue weighted by atomic mass is 35.5. The molecule has 1 fully saturated rings. The number of anilines is 1. The lowest BCUT2D eigenvalue weighted by Gasteiger charge is -2.36. The summed E-state index contributed by atoms with van der Waals surface area (Å²) in [6, 6.07) is 12.7. The van der Waals surface area contributed by atoms with Crippen molar-refractivity contribution in [2.45, 2.75) is 35.1 Å². The zero-order valence-corrected chi connectivity index (χ0v) is 16.4. The molecule has 26 heavy (non-hydrogen) atoms. The van der Waals surface area contributed by atoms with Gasteiger partial charge in [0.15, 0.2) is 0 Å². The summed E-state index contributed by atoms with van der Waals surface area (Å²) in [5, 5.41) is 0.265. The number of benzene rings is 2. The number of likely N-dealkylation sites (tertiary alicyclic amines) is 1. The molecule has 0 amide bonds. The zero-order chi connectivity index (χ0) is 18.3. The third-order valence-corrected chi connectivity index (χ3v) is 7.80. The molecule has 0 N–H and O–H groups in total. The van der Waals surface area contributed by atoms with Crippen LogP contribution in [0, 0.1) is 0 Å². The fourth-order valence-corrected chi connectivity index (χ4v) is 5.87. The summed E-state index contributed by atoms with van der Waals surface area (Å²) in [6.45, 7) is 3.21. The molecule has 2 aromatic rings. The number of halogens is 1. The lowest BCUT2D eigenvalue weighted by atomic mass is 10.0. The van der Waals surface area contributed by atoms with Gasteiger partial charge in [-0.1, -0.05) is 23.7 Å². The van der Waals surface area contributed by atoms with Crippen molar-refractivity contribution in [1.82, 2.24) is 4.90 Å². The van der Waals surface area contributed by atoms with Crippen LogP contribution in [-0.2, 0) is 16.3 Å². The lowest BCUT2D eigenvalue weighted by Crippen LogP contribution is -2.43. The molecular formula is C20H23ClN2O2S. The molecule has 4 rings (SSSR count). The Morgan fingerprint density at radius 1 is 1.04 bits per heavy atom. The first-order valence-electron chi connectivity index (χ1n) is 9.04. The first-order chi connectivity index (χ1) is 12.5. The molecule has 0 bridgehead atoms. The highest BCUT2D eigenvalue weighted by Gasteiger charge is 2.30. The van der Waals surface area contributed by atoms with Crippen molar-refractivity contribution in [2.75, 3.05) is 31.6 Å². The minimum Gasteiger partial charge on any atom is -0.368 e.